The van der Waals surface area contributed by atoms with Crippen molar-refractivity contribution in [2.75, 3.05) is 26.2 Å². The molecule has 11 nitrogen and oxygen atoms in total. The Morgan fingerprint density at radius 2 is 1.85 bits per heavy atom. The molecule has 0 atom stereocenters. The van der Waals surface area contributed by atoms with Crippen molar-refractivity contribution in [3.05, 3.63) is 75.3 Å². The number of non-ortho nitro benzene ring substituents is 1. The van der Waals surface area contributed by atoms with E-state index in [1.165, 1.54) is 33.5 Å². The Morgan fingerprint density at radius 1 is 1.12 bits per heavy atom. The number of amides is 1. The average Bonchev–Trinajstić information content (AvgIpc) is 2.82. The van der Waals surface area contributed by atoms with Crippen LogP contribution in [0.5, 0.6) is 0 Å². The van der Waals surface area contributed by atoms with Crippen molar-refractivity contribution < 1.29 is 27.8 Å². The van der Waals surface area contributed by atoms with Crippen molar-refractivity contribution >= 4 is 32.6 Å². The molecule has 0 radical (unpaired) electrons. The van der Waals surface area contributed by atoms with Gasteiger partial charge in [0.25, 0.3) is 11.6 Å². The molecular weight excluding hydrogens is 452 g/mol. The van der Waals surface area contributed by atoms with E-state index in [9.17, 15) is 28.5 Å². The number of rotatable bonds is 4. The Hall–Kier alpha value is -3.77. The molecule has 2 heterocycles. The highest BCUT2D eigenvalue weighted by Crippen LogP contribution is 2.23. The highest BCUT2D eigenvalue weighted by atomic mass is 32.2. The molecule has 2 aromatic carbocycles. The number of hydrogen-bond acceptors (Lipinski definition) is 8. The summed E-state index contributed by atoms with van der Waals surface area (Å²) < 4.78 is 32.8. The molecule has 1 aliphatic rings. The summed E-state index contributed by atoms with van der Waals surface area (Å²) in [4.78, 5) is 24.6. The minimum atomic E-state index is -3.96. The number of piperazine rings is 1. The third kappa shape index (κ3) is 4.30. The van der Waals surface area contributed by atoms with Gasteiger partial charge >= 0.3 is 0 Å². The smallest absolute Gasteiger partial charge is 0.289 e. The first-order valence-electron chi connectivity index (χ1n) is 9.97. The Morgan fingerprint density at radius 3 is 2.52 bits per heavy atom. The van der Waals surface area contributed by atoms with Crippen LogP contribution >= 0.6 is 0 Å². The van der Waals surface area contributed by atoms with Gasteiger partial charge in [0, 0.05) is 49.8 Å². The first-order valence-corrected chi connectivity index (χ1v) is 11.4. The minimum absolute atomic E-state index is 0.0146. The molecule has 1 fully saturated rings. The highest BCUT2D eigenvalue weighted by molar-refractivity contribution is 7.89. The SMILES string of the molecule is Cc1ccc2/c(=N/O)cc(C(=O)N3CCN(S(=O)(=O)c4cccc([N+](=O)[O-])c4)CC3)oc2c1. The van der Waals surface area contributed by atoms with E-state index in [2.05, 4.69) is 5.16 Å². The second-order valence-corrected chi connectivity index (χ2v) is 9.48. The lowest BCUT2D eigenvalue weighted by atomic mass is 10.1. The number of carbonyl (C=O) groups is 1. The molecule has 0 bridgehead atoms. The zero-order valence-corrected chi connectivity index (χ0v) is 18.4. The van der Waals surface area contributed by atoms with E-state index >= 15 is 0 Å². The summed E-state index contributed by atoms with van der Waals surface area (Å²) in [6, 6.07) is 11.5. The largest absolute Gasteiger partial charge is 0.451 e. The number of nitro benzene ring substituents is 1. The van der Waals surface area contributed by atoms with Crippen LogP contribution in [0.25, 0.3) is 11.0 Å². The van der Waals surface area contributed by atoms with Gasteiger partial charge in [0.15, 0.2) is 5.76 Å². The number of hydrogen-bond donors (Lipinski definition) is 1. The van der Waals surface area contributed by atoms with Crippen LogP contribution in [0.1, 0.15) is 16.1 Å². The van der Waals surface area contributed by atoms with Gasteiger partial charge in [0.2, 0.25) is 10.0 Å². The molecule has 1 amide bonds. The van der Waals surface area contributed by atoms with E-state index < -0.39 is 20.9 Å². The summed E-state index contributed by atoms with van der Waals surface area (Å²) in [5, 5.41) is 24.3. The van der Waals surface area contributed by atoms with Gasteiger partial charge in [-0.1, -0.05) is 17.3 Å². The second kappa shape index (κ2) is 8.64. The van der Waals surface area contributed by atoms with Crippen LogP contribution in [0.15, 0.2) is 63.0 Å². The molecule has 172 valence electrons. The normalized spacial score (nSPS) is 15.7. The van der Waals surface area contributed by atoms with E-state index in [4.69, 9.17) is 4.42 Å². The maximum absolute atomic E-state index is 13.0. The second-order valence-electron chi connectivity index (χ2n) is 7.55. The number of nitrogens with zero attached hydrogens (tertiary/aromatic N) is 4. The number of nitro groups is 1. The Balaban J connectivity index is 1.54. The molecule has 4 rings (SSSR count). The van der Waals surface area contributed by atoms with Gasteiger partial charge in [-0.25, -0.2) is 8.42 Å². The van der Waals surface area contributed by atoms with E-state index in [0.717, 1.165) is 11.6 Å². The number of benzene rings is 2. The van der Waals surface area contributed by atoms with Gasteiger partial charge in [-0.2, -0.15) is 4.31 Å². The summed E-state index contributed by atoms with van der Waals surface area (Å²) in [7, 11) is -3.96. The maximum Gasteiger partial charge on any atom is 0.289 e. The lowest BCUT2D eigenvalue weighted by Crippen LogP contribution is -2.50. The highest BCUT2D eigenvalue weighted by Gasteiger charge is 2.32. The molecular formula is C21H20N4O7S. The van der Waals surface area contributed by atoms with Gasteiger partial charge in [0.05, 0.1) is 9.82 Å². The standard InChI is InChI=1S/C21H20N4O7S/c1-14-5-6-17-18(22-27)13-20(32-19(17)11-14)21(26)23-7-9-24(10-8-23)33(30,31)16-4-2-3-15(12-16)25(28)29/h2-6,11-13,27H,7-10H2,1H3/b22-18+. The Bertz CT molecular complexity index is 1420. The van der Waals surface area contributed by atoms with Crippen LogP contribution in [0.2, 0.25) is 0 Å². The topological polar surface area (TPSA) is 147 Å². The van der Waals surface area contributed by atoms with Gasteiger partial charge in [0.1, 0.15) is 10.9 Å². The minimum Gasteiger partial charge on any atom is -0.451 e. The van der Waals surface area contributed by atoms with Crippen molar-refractivity contribution in [2.24, 2.45) is 5.16 Å². The van der Waals surface area contributed by atoms with Crippen LogP contribution in [-0.4, -0.2) is 59.8 Å². The zero-order valence-electron chi connectivity index (χ0n) is 17.5. The molecule has 3 aromatic rings. The molecule has 0 saturated carbocycles. The third-order valence-electron chi connectivity index (χ3n) is 5.41. The molecule has 0 spiro atoms. The van der Waals surface area contributed by atoms with Gasteiger partial charge in [-0.15, -0.1) is 0 Å². The summed E-state index contributed by atoms with van der Waals surface area (Å²) >= 11 is 0. The predicted molar refractivity (Wildman–Crippen MR) is 116 cm³/mol. The van der Waals surface area contributed by atoms with Crippen molar-refractivity contribution in [3.63, 3.8) is 0 Å². The number of carbonyl (C=O) groups excluding carboxylic acids is 1. The van der Waals surface area contributed by atoms with Crippen LogP contribution in [0, 0.1) is 17.0 Å². The van der Waals surface area contributed by atoms with Crippen LogP contribution in [0.4, 0.5) is 5.69 Å². The number of sulfonamides is 1. The first kappa shape index (κ1) is 22.4. The molecule has 1 saturated heterocycles. The molecule has 1 aromatic heterocycles. The van der Waals surface area contributed by atoms with E-state index in [-0.39, 0.29) is 47.9 Å². The summed E-state index contributed by atoms with van der Waals surface area (Å²) in [6.07, 6.45) is 0. The fraction of sp³-hybridized carbons (Fsp3) is 0.238. The van der Waals surface area contributed by atoms with Crippen molar-refractivity contribution in [1.29, 1.82) is 0 Å². The fourth-order valence-electron chi connectivity index (χ4n) is 3.66. The molecule has 0 unspecified atom stereocenters. The molecule has 33 heavy (non-hydrogen) atoms. The monoisotopic (exact) mass is 472 g/mol. The maximum atomic E-state index is 13.0. The average molecular weight is 472 g/mol. The van der Waals surface area contributed by atoms with Gasteiger partial charge < -0.3 is 14.5 Å². The number of fused-ring (bicyclic) bond motifs is 1. The van der Waals surface area contributed by atoms with Crippen LogP contribution in [-0.2, 0) is 10.0 Å². The summed E-state index contributed by atoms with van der Waals surface area (Å²) in [6.45, 7) is 2.08. The summed E-state index contributed by atoms with van der Waals surface area (Å²) in [5.74, 6) is -0.494. The molecule has 12 heteroatoms. The molecule has 1 N–H and O–H groups in total. The number of aryl methyl sites for hydroxylation is 1. The summed E-state index contributed by atoms with van der Waals surface area (Å²) in [5.41, 5.74) is 0.975. The van der Waals surface area contributed by atoms with E-state index in [0.29, 0.717) is 11.0 Å². The Kier molecular flexibility index (Phi) is 5.87. The third-order valence-corrected chi connectivity index (χ3v) is 7.31. The Labute approximate surface area is 188 Å². The quantitative estimate of drug-likeness (QED) is 0.347. The van der Waals surface area contributed by atoms with E-state index in [1.807, 2.05) is 13.0 Å². The van der Waals surface area contributed by atoms with Crippen LogP contribution < -0.4 is 5.36 Å². The van der Waals surface area contributed by atoms with Crippen molar-refractivity contribution in [1.82, 2.24) is 9.21 Å². The first-order chi connectivity index (χ1) is 15.7. The lowest BCUT2D eigenvalue weighted by molar-refractivity contribution is -0.385. The zero-order chi connectivity index (χ0) is 23.8. The van der Waals surface area contributed by atoms with Gasteiger partial charge in [-0.3, -0.25) is 14.9 Å². The fourth-order valence-corrected chi connectivity index (χ4v) is 5.12. The van der Waals surface area contributed by atoms with E-state index in [1.54, 1.807) is 12.1 Å². The lowest BCUT2D eigenvalue weighted by Gasteiger charge is -2.33. The predicted octanol–water partition coefficient (Wildman–Crippen LogP) is 2.09. The van der Waals surface area contributed by atoms with Crippen LogP contribution in [0.3, 0.4) is 0 Å². The van der Waals surface area contributed by atoms with Crippen molar-refractivity contribution in [3.8, 4) is 0 Å². The van der Waals surface area contributed by atoms with Crippen molar-refractivity contribution in [2.45, 2.75) is 11.8 Å². The van der Waals surface area contributed by atoms with Gasteiger partial charge in [-0.05, 0) is 30.7 Å². The molecule has 0 aliphatic carbocycles. The molecule has 1 aliphatic heterocycles.